The van der Waals surface area contributed by atoms with Gasteiger partial charge in [-0.15, -0.1) is 12.4 Å². The zero-order valence-corrected chi connectivity index (χ0v) is 14.4. The van der Waals surface area contributed by atoms with Gasteiger partial charge < -0.3 is 22.1 Å². The maximum atomic E-state index is 12.5. The summed E-state index contributed by atoms with van der Waals surface area (Å²) in [5.74, 6) is 1.10. The Bertz CT molecular complexity index is 579. The molecule has 2 bridgehead atoms. The van der Waals surface area contributed by atoms with Crippen molar-refractivity contribution in [2.45, 2.75) is 38.1 Å². The average molecular weight is 353 g/mol. The van der Waals surface area contributed by atoms with E-state index in [9.17, 15) is 9.59 Å². The van der Waals surface area contributed by atoms with Gasteiger partial charge in [-0.3, -0.25) is 4.79 Å². The van der Waals surface area contributed by atoms with Crippen molar-refractivity contribution in [1.29, 1.82) is 0 Å². The molecule has 2 aliphatic rings. The summed E-state index contributed by atoms with van der Waals surface area (Å²) in [6.07, 6.45) is 5.32. The average Bonchev–Trinajstić information content (AvgIpc) is 2.48. The number of carbonyl (C=O) groups excluding carboxylic acids is 2. The van der Waals surface area contributed by atoms with Crippen LogP contribution in [0.4, 0.5) is 16.2 Å². The number of primary amides is 1. The van der Waals surface area contributed by atoms with E-state index in [0.717, 1.165) is 31.4 Å². The second kappa shape index (κ2) is 7.85. The molecule has 1 aromatic carbocycles. The normalized spacial score (nSPS) is 28.4. The number of hydrogen-bond acceptors (Lipinski definition) is 3. The highest BCUT2D eigenvalue weighted by atomic mass is 35.5. The van der Waals surface area contributed by atoms with Gasteiger partial charge in [-0.25, -0.2) is 4.79 Å². The molecule has 2 aliphatic carbocycles. The minimum absolute atomic E-state index is 0. The van der Waals surface area contributed by atoms with Gasteiger partial charge in [-0.1, -0.05) is 6.42 Å². The highest BCUT2D eigenvalue weighted by Gasteiger charge is 2.40. The highest BCUT2D eigenvalue weighted by molar-refractivity contribution is 5.93. The van der Waals surface area contributed by atoms with Gasteiger partial charge >= 0.3 is 6.03 Å². The summed E-state index contributed by atoms with van der Waals surface area (Å²) < 4.78 is 0. The first-order valence-corrected chi connectivity index (χ1v) is 8.26. The molecule has 1 aromatic rings. The van der Waals surface area contributed by atoms with Crippen molar-refractivity contribution < 1.29 is 9.59 Å². The van der Waals surface area contributed by atoms with E-state index in [1.54, 1.807) is 24.3 Å². The Morgan fingerprint density at radius 2 is 1.46 bits per heavy atom. The van der Waals surface area contributed by atoms with E-state index < -0.39 is 6.03 Å². The molecule has 0 aliphatic heterocycles. The molecule has 7 heteroatoms. The third-order valence-electron chi connectivity index (χ3n) is 5.20. The first kappa shape index (κ1) is 18.5. The van der Waals surface area contributed by atoms with Crippen LogP contribution in [0, 0.1) is 17.8 Å². The summed E-state index contributed by atoms with van der Waals surface area (Å²) in [6.45, 7) is 0. The van der Waals surface area contributed by atoms with Crippen LogP contribution in [-0.2, 0) is 4.79 Å². The van der Waals surface area contributed by atoms with Crippen molar-refractivity contribution in [2.75, 3.05) is 10.6 Å². The predicted molar refractivity (Wildman–Crippen MR) is 97.1 cm³/mol. The van der Waals surface area contributed by atoms with Gasteiger partial charge in [-0.2, -0.15) is 0 Å². The number of fused-ring (bicyclic) bond motifs is 2. The van der Waals surface area contributed by atoms with Crippen LogP contribution < -0.4 is 22.1 Å². The molecule has 3 rings (SSSR count). The molecule has 0 heterocycles. The Kier molecular flexibility index (Phi) is 6.07. The lowest BCUT2D eigenvalue weighted by molar-refractivity contribution is -0.122. The van der Waals surface area contributed by atoms with Gasteiger partial charge in [0, 0.05) is 23.3 Å². The van der Waals surface area contributed by atoms with E-state index >= 15 is 0 Å². The van der Waals surface area contributed by atoms with Crippen molar-refractivity contribution in [1.82, 2.24) is 0 Å². The molecule has 2 saturated carbocycles. The standard InChI is InChI=1S/C17H24N4O2.ClH/c18-15-10-2-1-3-11(15)9-12(8-10)16(22)20-13-4-6-14(7-5-13)21-17(19)23;/h4-7,10-12,15H,1-3,8-9,18H2,(H,20,22)(H3,19,21,23);1H. The van der Waals surface area contributed by atoms with Crippen LogP contribution in [0.3, 0.4) is 0 Å². The number of anilines is 2. The predicted octanol–water partition coefficient (Wildman–Crippen LogP) is 2.69. The van der Waals surface area contributed by atoms with E-state index in [-0.39, 0.29) is 30.3 Å². The van der Waals surface area contributed by atoms with Gasteiger partial charge in [0.05, 0.1) is 0 Å². The summed E-state index contributed by atoms with van der Waals surface area (Å²) in [6, 6.07) is 6.62. The van der Waals surface area contributed by atoms with E-state index in [1.165, 1.54) is 6.42 Å². The third-order valence-corrected chi connectivity index (χ3v) is 5.20. The molecule has 24 heavy (non-hydrogen) atoms. The maximum absolute atomic E-state index is 12.5. The van der Waals surface area contributed by atoms with Gasteiger partial charge in [0.25, 0.3) is 0 Å². The van der Waals surface area contributed by atoms with Crippen LogP contribution in [0.2, 0.25) is 0 Å². The quantitative estimate of drug-likeness (QED) is 0.671. The molecular formula is C17H25ClN4O2. The van der Waals surface area contributed by atoms with Crippen molar-refractivity contribution in [3.63, 3.8) is 0 Å². The van der Waals surface area contributed by atoms with Gasteiger partial charge in [-0.05, 0) is 61.8 Å². The molecule has 6 nitrogen and oxygen atoms in total. The number of benzene rings is 1. The summed E-state index contributed by atoms with van der Waals surface area (Å²) >= 11 is 0. The number of urea groups is 1. The summed E-state index contributed by atoms with van der Waals surface area (Å²) in [5.41, 5.74) is 12.7. The van der Waals surface area contributed by atoms with Crippen molar-refractivity contribution in [2.24, 2.45) is 29.2 Å². The fourth-order valence-electron chi connectivity index (χ4n) is 4.03. The second-order valence-electron chi connectivity index (χ2n) is 6.75. The van der Waals surface area contributed by atoms with E-state index in [4.69, 9.17) is 11.5 Å². The number of amides is 3. The Balaban J connectivity index is 0.00000208. The summed E-state index contributed by atoms with van der Waals surface area (Å²) in [7, 11) is 0. The van der Waals surface area contributed by atoms with Crippen LogP contribution in [0.25, 0.3) is 0 Å². The lowest BCUT2D eigenvalue weighted by Gasteiger charge is -2.43. The Morgan fingerprint density at radius 1 is 0.958 bits per heavy atom. The topological polar surface area (TPSA) is 110 Å². The van der Waals surface area contributed by atoms with Gasteiger partial charge in [0.2, 0.25) is 5.91 Å². The third kappa shape index (κ3) is 4.19. The Labute approximate surface area is 148 Å². The van der Waals surface area contributed by atoms with Crippen LogP contribution in [0.1, 0.15) is 32.1 Å². The zero-order chi connectivity index (χ0) is 16.4. The number of nitrogens with one attached hydrogen (secondary N) is 2. The monoisotopic (exact) mass is 352 g/mol. The summed E-state index contributed by atoms with van der Waals surface area (Å²) in [5, 5.41) is 5.47. The van der Waals surface area contributed by atoms with Crippen LogP contribution in [0.15, 0.2) is 24.3 Å². The molecule has 3 amide bonds. The van der Waals surface area contributed by atoms with Crippen LogP contribution >= 0.6 is 12.4 Å². The molecule has 0 radical (unpaired) electrons. The molecule has 2 fully saturated rings. The molecular weight excluding hydrogens is 328 g/mol. The number of carbonyl (C=O) groups is 2. The fourth-order valence-corrected chi connectivity index (χ4v) is 4.03. The smallest absolute Gasteiger partial charge is 0.316 e. The first-order valence-electron chi connectivity index (χ1n) is 8.26. The van der Waals surface area contributed by atoms with E-state index in [2.05, 4.69) is 10.6 Å². The van der Waals surface area contributed by atoms with Crippen molar-refractivity contribution in [3.05, 3.63) is 24.3 Å². The molecule has 132 valence electrons. The number of hydrogen-bond donors (Lipinski definition) is 4. The Hall–Kier alpha value is -1.79. The number of rotatable bonds is 3. The van der Waals surface area contributed by atoms with Crippen molar-refractivity contribution in [3.8, 4) is 0 Å². The molecule has 2 atom stereocenters. The largest absolute Gasteiger partial charge is 0.351 e. The Morgan fingerprint density at radius 3 is 1.96 bits per heavy atom. The minimum atomic E-state index is -0.605. The summed E-state index contributed by atoms with van der Waals surface area (Å²) in [4.78, 5) is 23.3. The number of nitrogens with two attached hydrogens (primary N) is 2. The minimum Gasteiger partial charge on any atom is -0.351 e. The molecule has 2 unspecified atom stereocenters. The zero-order valence-electron chi connectivity index (χ0n) is 13.5. The SMILES string of the molecule is Cl.NC(=O)Nc1ccc(NC(=O)C2CC3CCCC(C2)C3N)cc1. The van der Waals surface area contributed by atoms with Gasteiger partial charge in [0.1, 0.15) is 0 Å². The van der Waals surface area contributed by atoms with E-state index in [0.29, 0.717) is 17.5 Å². The molecule has 6 N–H and O–H groups in total. The second-order valence-corrected chi connectivity index (χ2v) is 6.75. The van der Waals surface area contributed by atoms with E-state index in [1.807, 2.05) is 0 Å². The maximum Gasteiger partial charge on any atom is 0.316 e. The highest BCUT2D eigenvalue weighted by Crippen LogP contribution is 2.42. The molecule has 0 aromatic heterocycles. The lowest BCUT2D eigenvalue weighted by atomic mass is 9.65. The fraction of sp³-hybridized carbons (Fsp3) is 0.529. The van der Waals surface area contributed by atoms with Gasteiger partial charge in [0.15, 0.2) is 0 Å². The molecule has 0 saturated heterocycles. The van der Waals surface area contributed by atoms with Crippen LogP contribution in [0.5, 0.6) is 0 Å². The number of halogens is 1. The lowest BCUT2D eigenvalue weighted by Crippen LogP contribution is -2.48. The first-order chi connectivity index (χ1) is 11.0. The van der Waals surface area contributed by atoms with Crippen molar-refractivity contribution >= 4 is 35.7 Å². The molecule has 0 spiro atoms. The van der Waals surface area contributed by atoms with Crippen LogP contribution in [-0.4, -0.2) is 18.0 Å².